The molecular formula is C22H36N4O2. The number of guanidine groups is 1. The van der Waals surface area contributed by atoms with Gasteiger partial charge in [0.15, 0.2) is 5.96 Å². The van der Waals surface area contributed by atoms with Crippen molar-refractivity contribution in [1.82, 2.24) is 15.1 Å². The van der Waals surface area contributed by atoms with Gasteiger partial charge >= 0.3 is 0 Å². The highest BCUT2D eigenvalue weighted by atomic mass is 16.5. The number of likely N-dealkylation sites (N-methyl/N-ethyl adjacent to an activating group) is 1. The molecule has 1 aromatic carbocycles. The van der Waals surface area contributed by atoms with Crippen LogP contribution in [0.4, 0.5) is 0 Å². The Bertz CT molecular complexity index is 638. The zero-order chi connectivity index (χ0) is 20.0. The number of benzene rings is 1. The van der Waals surface area contributed by atoms with E-state index in [1.54, 1.807) is 7.11 Å². The van der Waals surface area contributed by atoms with Crippen LogP contribution < -0.4 is 10.1 Å². The Kier molecular flexibility index (Phi) is 7.18. The third-order valence-electron chi connectivity index (χ3n) is 6.31. The van der Waals surface area contributed by atoms with Gasteiger partial charge < -0.3 is 24.6 Å². The maximum Gasteiger partial charge on any atom is 0.194 e. The van der Waals surface area contributed by atoms with E-state index in [2.05, 4.69) is 60.4 Å². The fraction of sp³-hybridized carbons (Fsp3) is 0.682. The lowest BCUT2D eigenvalue weighted by molar-refractivity contribution is -0.00262. The first kappa shape index (κ1) is 20.9. The van der Waals surface area contributed by atoms with Gasteiger partial charge in [-0.15, -0.1) is 0 Å². The average molecular weight is 389 g/mol. The van der Waals surface area contributed by atoms with E-state index in [-0.39, 0.29) is 5.54 Å². The number of ether oxygens (including phenoxy) is 2. The third kappa shape index (κ3) is 4.78. The van der Waals surface area contributed by atoms with E-state index in [4.69, 9.17) is 14.5 Å². The summed E-state index contributed by atoms with van der Waals surface area (Å²) in [7, 11) is 6.05. The third-order valence-corrected chi connectivity index (χ3v) is 6.31. The molecule has 3 rings (SSSR count). The summed E-state index contributed by atoms with van der Waals surface area (Å²) in [6.07, 6.45) is 3.23. The summed E-state index contributed by atoms with van der Waals surface area (Å²) in [6.45, 7) is 7.55. The lowest BCUT2D eigenvalue weighted by Crippen LogP contribution is -2.52. The molecule has 6 heteroatoms. The second-order valence-electron chi connectivity index (χ2n) is 8.11. The summed E-state index contributed by atoms with van der Waals surface area (Å²) in [5, 5.41) is 3.52. The molecular weight excluding hydrogens is 352 g/mol. The van der Waals surface area contributed by atoms with Crippen LogP contribution in [0.1, 0.15) is 37.7 Å². The van der Waals surface area contributed by atoms with Crippen LogP contribution in [0.5, 0.6) is 5.75 Å². The number of nitrogens with zero attached hydrogens (tertiary/aromatic N) is 3. The minimum atomic E-state index is 0.105. The van der Waals surface area contributed by atoms with Crippen LogP contribution in [0, 0.1) is 0 Å². The van der Waals surface area contributed by atoms with Crippen molar-refractivity contribution in [2.75, 3.05) is 60.6 Å². The first-order chi connectivity index (χ1) is 13.6. The maximum absolute atomic E-state index is 5.60. The second-order valence-corrected chi connectivity index (χ2v) is 8.11. The summed E-state index contributed by atoms with van der Waals surface area (Å²) >= 11 is 0. The highest BCUT2D eigenvalue weighted by molar-refractivity contribution is 5.80. The van der Waals surface area contributed by atoms with Gasteiger partial charge in [-0.25, -0.2) is 0 Å². The molecule has 6 nitrogen and oxygen atoms in total. The topological polar surface area (TPSA) is 49.3 Å². The van der Waals surface area contributed by atoms with Gasteiger partial charge in [-0.2, -0.15) is 0 Å². The monoisotopic (exact) mass is 388 g/mol. The van der Waals surface area contributed by atoms with E-state index in [9.17, 15) is 0 Å². The van der Waals surface area contributed by atoms with E-state index < -0.39 is 0 Å². The fourth-order valence-corrected chi connectivity index (χ4v) is 4.25. The number of likely N-dealkylation sites (tertiary alicyclic amines) is 1. The van der Waals surface area contributed by atoms with Crippen molar-refractivity contribution < 1.29 is 9.47 Å². The molecule has 156 valence electrons. The molecule has 1 aromatic rings. The van der Waals surface area contributed by atoms with Crippen LogP contribution in [0.2, 0.25) is 0 Å². The van der Waals surface area contributed by atoms with Crippen molar-refractivity contribution >= 4 is 5.96 Å². The number of aliphatic imine (C=N–C) groups is 1. The largest absolute Gasteiger partial charge is 0.497 e. The summed E-state index contributed by atoms with van der Waals surface area (Å²) in [4.78, 5) is 9.84. The molecule has 1 atom stereocenters. The van der Waals surface area contributed by atoms with Crippen LogP contribution in [0.25, 0.3) is 0 Å². The first-order valence-electron chi connectivity index (χ1n) is 10.5. The van der Waals surface area contributed by atoms with Gasteiger partial charge in [0, 0.05) is 44.3 Å². The van der Waals surface area contributed by atoms with E-state index >= 15 is 0 Å². The number of hydrogen-bond donors (Lipinski definition) is 1. The minimum absolute atomic E-state index is 0.105. The number of rotatable bonds is 6. The van der Waals surface area contributed by atoms with Crippen molar-refractivity contribution in [1.29, 1.82) is 0 Å². The lowest BCUT2D eigenvalue weighted by atomic mass is 9.89. The van der Waals surface area contributed by atoms with E-state index in [0.29, 0.717) is 5.92 Å². The van der Waals surface area contributed by atoms with Gasteiger partial charge in [-0.3, -0.25) is 4.99 Å². The van der Waals surface area contributed by atoms with Crippen molar-refractivity contribution in [3.05, 3.63) is 29.8 Å². The van der Waals surface area contributed by atoms with Gasteiger partial charge in [-0.05, 0) is 58.0 Å². The van der Waals surface area contributed by atoms with Gasteiger partial charge in [0.2, 0.25) is 0 Å². The standard InChI is InChI=1S/C22H36N4O2/c1-5-23-21(24-17-22(25(2)3)11-14-28-15-12-22)26-13-10-19(16-26)18-6-8-20(27-4)9-7-18/h6-9,19H,5,10-17H2,1-4H3,(H,23,24). The van der Waals surface area contributed by atoms with Gasteiger partial charge in [-0.1, -0.05) is 12.1 Å². The molecule has 0 spiro atoms. The van der Waals surface area contributed by atoms with E-state index in [1.807, 2.05) is 0 Å². The Morgan fingerprint density at radius 1 is 1.29 bits per heavy atom. The summed E-state index contributed by atoms with van der Waals surface area (Å²) in [6, 6.07) is 8.51. The van der Waals surface area contributed by atoms with Crippen LogP contribution in [0.3, 0.4) is 0 Å². The highest BCUT2D eigenvalue weighted by Gasteiger charge is 2.35. The SMILES string of the molecule is CCNC(=NCC1(N(C)C)CCOCC1)N1CCC(c2ccc(OC)cc2)C1. The van der Waals surface area contributed by atoms with Crippen LogP contribution in [-0.2, 0) is 4.74 Å². The van der Waals surface area contributed by atoms with E-state index in [0.717, 1.165) is 70.4 Å². The van der Waals surface area contributed by atoms with Crippen molar-refractivity contribution in [2.45, 2.75) is 37.6 Å². The average Bonchev–Trinajstić information content (AvgIpc) is 3.22. The molecule has 0 bridgehead atoms. The molecule has 2 saturated heterocycles. The van der Waals surface area contributed by atoms with E-state index in [1.165, 1.54) is 5.56 Å². The predicted octanol–water partition coefficient (Wildman–Crippen LogP) is 2.56. The van der Waals surface area contributed by atoms with Gasteiger partial charge in [0.05, 0.1) is 13.7 Å². The molecule has 0 aromatic heterocycles. The fourth-order valence-electron chi connectivity index (χ4n) is 4.25. The van der Waals surface area contributed by atoms with Crippen LogP contribution >= 0.6 is 0 Å². The molecule has 1 N–H and O–H groups in total. The molecule has 0 amide bonds. The molecule has 0 saturated carbocycles. The summed E-state index contributed by atoms with van der Waals surface area (Å²) in [5.41, 5.74) is 1.49. The highest BCUT2D eigenvalue weighted by Crippen LogP contribution is 2.29. The quantitative estimate of drug-likeness (QED) is 0.600. The number of methoxy groups -OCH3 is 1. The molecule has 2 heterocycles. The number of hydrogen-bond acceptors (Lipinski definition) is 4. The molecule has 0 radical (unpaired) electrons. The summed E-state index contributed by atoms with van der Waals surface area (Å²) < 4.78 is 10.9. The van der Waals surface area contributed by atoms with Crippen molar-refractivity contribution in [2.24, 2.45) is 4.99 Å². The maximum atomic E-state index is 5.60. The Balaban J connectivity index is 1.68. The van der Waals surface area contributed by atoms with Gasteiger partial charge in [0.25, 0.3) is 0 Å². The van der Waals surface area contributed by atoms with Crippen molar-refractivity contribution in [3.63, 3.8) is 0 Å². The van der Waals surface area contributed by atoms with Crippen LogP contribution in [0.15, 0.2) is 29.3 Å². The smallest absolute Gasteiger partial charge is 0.194 e. The Labute approximate surface area is 169 Å². The molecule has 28 heavy (non-hydrogen) atoms. The molecule has 1 unspecified atom stereocenters. The van der Waals surface area contributed by atoms with Crippen molar-refractivity contribution in [3.8, 4) is 5.75 Å². The molecule has 2 aliphatic heterocycles. The molecule has 2 aliphatic rings. The summed E-state index contributed by atoms with van der Waals surface area (Å²) in [5.74, 6) is 2.51. The second kappa shape index (κ2) is 9.61. The zero-order valence-electron chi connectivity index (χ0n) is 17.9. The molecule has 0 aliphatic carbocycles. The minimum Gasteiger partial charge on any atom is -0.497 e. The normalized spacial score (nSPS) is 22.5. The number of nitrogens with one attached hydrogen (secondary N) is 1. The Morgan fingerprint density at radius 2 is 2.00 bits per heavy atom. The van der Waals surface area contributed by atoms with Crippen LogP contribution in [-0.4, -0.2) is 81.9 Å². The lowest BCUT2D eigenvalue weighted by Gasteiger charge is -2.42. The predicted molar refractivity (Wildman–Crippen MR) is 114 cm³/mol. The Morgan fingerprint density at radius 3 is 2.61 bits per heavy atom. The first-order valence-corrected chi connectivity index (χ1v) is 10.5. The molecule has 2 fully saturated rings. The van der Waals surface area contributed by atoms with Gasteiger partial charge in [0.1, 0.15) is 5.75 Å². The zero-order valence-corrected chi connectivity index (χ0v) is 17.9. The Hall–Kier alpha value is -1.79.